The first-order valence-electron chi connectivity index (χ1n) is 8.55. The molecular weight excluding hydrogens is 345 g/mol. The molecule has 5 nitrogen and oxygen atoms in total. The summed E-state index contributed by atoms with van der Waals surface area (Å²) in [5, 5.41) is 9.00. The number of hydrogen-bond donors (Lipinski definition) is 0. The zero-order chi connectivity index (χ0) is 19.1. The van der Waals surface area contributed by atoms with Crippen LogP contribution in [0.3, 0.4) is 0 Å². The van der Waals surface area contributed by atoms with Gasteiger partial charge in [-0.15, -0.1) is 0 Å². The van der Waals surface area contributed by atoms with E-state index < -0.39 is 0 Å². The van der Waals surface area contributed by atoms with Gasteiger partial charge in [0, 0.05) is 24.9 Å². The summed E-state index contributed by atoms with van der Waals surface area (Å²) in [6.45, 7) is 0.416. The smallest absolute Gasteiger partial charge is 0.224 e. The Labute approximate surface area is 156 Å². The largest absolute Gasteiger partial charge is 0.441 e. The highest BCUT2D eigenvalue weighted by Crippen LogP contribution is 2.21. The lowest BCUT2D eigenvalue weighted by Crippen LogP contribution is -2.31. The number of hydrogen-bond acceptors (Lipinski definition) is 4. The maximum atomic E-state index is 13.0. The molecule has 0 aliphatic heterocycles. The van der Waals surface area contributed by atoms with E-state index >= 15 is 0 Å². The molecule has 3 rings (SSSR count). The van der Waals surface area contributed by atoms with Gasteiger partial charge < -0.3 is 9.32 Å². The number of halogens is 1. The Morgan fingerprint density at radius 1 is 1.15 bits per heavy atom. The number of rotatable bonds is 7. The van der Waals surface area contributed by atoms with Crippen molar-refractivity contribution in [2.24, 2.45) is 0 Å². The van der Waals surface area contributed by atoms with E-state index in [1.165, 1.54) is 17.0 Å². The highest BCUT2D eigenvalue weighted by atomic mass is 19.1. The number of amides is 1. The fourth-order valence-corrected chi connectivity index (χ4v) is 2.67. The van der Waals surface area contributed by atoms with Gasteiger partial charge in [-0.05, 0) is 29.8 Å². The first kappa shape index (κ1) is 18.3. The SMILES string of the molecule is N#CCN(Cc1ccccc1)C(=O)CCc1ncc(-c2ccc(F)cc2)o1. The molecule has 0 N–H and O–H groups in total. The molecule has 2 aromatic carbocycles. The molecule has 0 bridgehead atoms. The second kappa shape index (κ2) is 8.77. The van der Waals surface area contributed by atoms with Gasteiger partial charge in [0.2, 0.25) is 5.91 Å². The Kier molecular flexibility index (Phi) is 5.95. The van der Waals surface area contributed by atoms with Gasteiger partial charge in [-0.25, -0.2) is 9.37 Å². The van der Waals surface area contributed by atoms with Crippen molar-refractivity contribution in [2.75, 3.05) is 6.54 Å². The van der Waals surface area contributed by atoms with E-state index in [2.05, 4.69) is 4.98 Å². The Hall–Kier alpha value is -3.46. The molecule has 1 aromatic heterocycles. The summed E-state index contributed by atoms with van der Waals surface area (Å²) in [5.41, 5.74) is 1.69. The molecule has 0 aliphatic rings. The second-order valence-corrected chi connectivity index (χ2v) is 6.02. The number of nitriles is 1. The fraction of sp³-hybridized carbons (Fsp3) is 0.190. The standard InChI is InChI=1S/C21H18FN3O2/c22-18-8-6-17(7-9-18)19-14-24-20(27-19)10-11-21(26)25(13-12-23)15-16-4-2-1-3-5-16/h1-9,14H,10-11,13,15H2. The number of nitrogens with zero attached hydrogens (tertiary/aromatic N) is 3. The Morgan fingerprint density at radius 2 is 1.89 bits per heavy atom. The molecule has 136 valence electrons. The molecule has 6 heteroatoms. The molecule has 0 atom stereocenters. The third-order valence-corrected chi connectivity index (χ3v) is 4.07. The van der Waals surface area contributed by atoms with E-state index in [0.717, 1.165) is 11.1 Å². The van der Waals surface area contributed by atoms with Gasteiger partial charge in [-0.2, -0.15) is 5.26 Å². The Morgan fingerprint density at radius 3 is 2.59 bits per heavy atom. The van der Waals surface area contributed by atoms with Crippen LogP contribution >= 0.6 is 0 Å². The van der Waals surface area contributed by atoms with Gasteiger partial charge >= 0.3 is 0 Å². The van der Waals surface area contributed by atoms with Crippen molar-refractivity contribution in [3.8, 4) is 17.4 Å². The lowest BCUT2D eigenvalue weighted by molar-refractivity contribution is -0.131. The third kappa shape index (κ3) is 5.02. The van der Waals surface area contributed by atoms with Crippen molar-refractivity contribution in [3.05, 3.63) is 78.1 Å². The summed E-state index contributed by atoms with van der Waals surface area (Å²) >= 11 is 0. The van der Waals surface area contributed by atoms with Crippen molar-refractivity contribution in [3.63, 3.8) is 0 Å². The zero-order valence-electron chi connectivity index (χ0n) is 14.6. The van der Waals surface area contributed by atoms with Crippen molar-refractivity contribution >= 4 is 5.91 Å². The Balaban J connectivity index is 1.60. The normalized spacial score (nSPS) is 10.4. The lowest BCUT2D eigenvalue weighted by Gasteiger charge is -2.19. The maximum Gasteiger partial charge on any atom is 0.224 e. The molecule has 0 aliphatic carbocycles. The summed E-state index contributed by atoms with van der Waals surface area (Å²) in [6, 6.07) is 17.5. The molecule has 0 saturated heterocycles. The molecular formula is C21H18FN3O2. The average molecular weight is 363 g/mol. The third-order valence-electron chi connectivity index (χ3n) is 4.07. The molecule has 0 fully saturated rings. The topological polar surface area (TPSA) is 70.1 Å². The van der Waals surface area contributed by atoms with E-state index in [9.17, 15) is 9.18 Å². The number of benzene rings is 2. The maximum absolute atomic E-state index is 13.0. The minimum absolute atomic E-state index is 0.0279. The molecule has 0 spiro atoms. The summed E-state index contributed by atoms with van der Waals surface area (Å²) in [4.78, 5) is 18.2. The molecule has 1 amide bonds. The highest BCUT2D eigenvalue weighted by Gasteiger charge is 2.15. The van der Waals surface area contributed by atoms with E-state index in [0.29, 0.717) is 24.6 Å². The van der Waals surface area contributed by atoms with Crippen LogP contribution < -0.4 is 0 Å². The van der Waals surface area contributed by atoms with Crippen LogP contribution in [-0.4, -0.2) is 22.3 Å². The highest BCUT2D eigenvalue weighted by molar-refractivity contribution is 5.76. The minimum Gasteiger partial charge on any atom is -0.441 e. The number of aromatic nitrogens is 1. The number of oxazole rings is 1. The monoisotopic (exact) mass is 363 g/mol. The lowest BCUT2D eigenvalue weighted by atomic mass is 10.2. The van der Waals surface area contributed by atoms with Crippen molar-refractivity contribution < 1.29 is 13.6 Å². The van der Waals surface area contributed by atoms with Crippen LogP contribution in [0.2, 0.25) is 0 Å². The summed E-state index contributed by atoms with van der Waals surface area (Å²) in [6.07, 6.45) is 2.08. The van der Waals surface area contributed by atoms with E-state index in [1.807, 2.05) is 36.4 Å². The number of carbonyl (C=O) groups excluding carboxylic acids is 1. The molecule has 3 aromatic rings. The molecule has 0 radical (unpaired) electrons. The first-order chi connectivity index (χ1) is 13.2. The van der Waals surface area contributed by atoms with Crippen LogP contribution in [-0.2, 0) is 17.8 Å². The average Bonchev–Trinajstić information content (AvgIpc) is 3.16. The molecule has 0 unspecified atom stereocenters. The Bertz CT molecular complexity index is 930. The van der Waals surface area contributed by atoms with E-state index in [4.69, 9.17) is 9.68 Å². The van der Waals surface area contributed by atoms with Crippen LogP contribution in [0.1, 0.15) is 17.9 Å². The van der Waals surface area contributed by atoms with Crippen molar-refractivity contribution in [2.45, 2.75) is 19.4 Å². The van der Waals surface area contributed by atoms with Crippen LogP contribution in [0.5, 0.6) is 0 Å². The van der Waals surface area contributed by atoms with Crippen LogP contribution in [0.15, 0.2) is 65.2 Å². The van der Waals surface area contributed by atoms with Gasteiger partial charge in [-0.1, -0.05) is 30.3 Å². The predicted octanol–water partition coefficient (Wildman–Crippen LogP) is 3.97. The number of aryl methyl sites for hydroxylation is 1. The summed E-state index contributed by atoms with van der Waals surface area (Å²) in [7, 11) is 0. The zero-order valence-corrected chi connectivity index (χ0v) is 14.6. The van der Waals surface area contributed by atoms with Gasteiger partial charge in [0.15, 0.2) is 11.7 Å². The van der Waals surface area contributed by atoms with Gasteiger partial charge in [0.25, 0.3) is 0 Å². The van der Waals surface area contributed by atoms with Crippen LogP contribution in [0.25, 0.3) is 11.3 Å². The minimum atomic E-state index is -0.319. The second-order valence-electron chi connectivity index (χ2n) is 6.02. The van der Waals surface area contributed by atoms with Crippen LogP contribution in [0.4, 0.5) is 4.39 Å². The summed E-state index contributed by atoms with van der Waals surface area (Å²) < 4.78 is 18.6. The van der Waals surface area contributed by atoms with Crippen molar-refractivity contribution in [1.29, 1.82) is 5.26 Å². The van der Waals surface area contributed by atoms with E-state index in [-0.39, 0.29) is 24.7 Å². The quantitative estimate of drug-likeness (QED) is 0.596. The van der Waals surface area contributed by atoms with E-state index in [1.54, 1.807) is 18.3 Å². The number of carbonyl (C=O) groups is 1. The fourth-order valence-electron chi connectivity index (χ4n) is 2.67. The molecule has 0 saturated carbocycles. The molecule has 1 heterocycles. The first-order valence-corrected chi connectivity index (χ1v) is 8.55. The van der Waals surface area contributed by atoms with Crippen LogP contribution in [0, 0.1) is 17.1 Å². The van der Waals surface area contributed by atoms with Gasteiger partial charge in [0.05, 0.1) is 12.3 Å². The molecule has 27 heavy (non-hydrogen) atoms. The summed E-state index contributed by atoms with van der Waals surface area (Å²) in [5.74, 6) is 0.497. The van der Waals surface area contributed by atoms with Gasteiger partial charge in [-0.3, -0.25) is 4.79 Å². The van der Waals surface area contributed by atoms with Crippen molar-refractivity contribution in [1.82, 2.24) is 9.88 Å². The van der Waals surface area contributed by atoms with Gasteiger partial charge in [0.1, 0.15) is 12.4 Å². The predicted molar refractivity (Wildman–Crippen MR) is 97.7 cm³/mol.